The second kappa shape index (κ2) is 16.6. The van der Waals surface area contributed by atoms with Crippen LogP contribution in [0.3, 0.4) is 0 Å². The first kappa shape index (κ1) is 31.1. The zero-order chi connectivity index (χ0) is 28.7. The molecule has 0 aromatic heterocycles. The van der Waals surface area contributed by atoms with E-state index in [-0.39, 0.29) is 24.1 Å². The van der Waals surface area contributed by atoms with E-state index in [0.717, 1.165) is 47.9 Å². The summed E-state index contributed by atoms with van der Waals surface area (Å²) in [4.78, 5) is 25.0. The summed E-state index contributed by atoms with van der Waals surface area (Å²) in [6.45, 7) is 8.32. The van der Waals surface area contributed by atoms with E-state index in [0.29, 0.717) is 11.1 Å². The molecule has 0 aliphatic heterocycles. The van der Waals surface area contributed by atoms with Gasteiger partial charge < -0.3 is 9.47 Å². The monoisotopic (exact) mass is 542 g/mol. The van der Waals surface area contributed by atoms with Crippen molar-refractivity contribution in [2.45, 2.75) is 104 Å². The average Bonchev–Trinajstić information content (AvgIpc) is 2.98. The standard InChI is InChI=1S/C36H46O4/c1-5-7-9-11-13-27(3)39-35(37)33-23-19-31(20-24-33)29-15-17-30(18-16-29)32-21-25-34(26-22-32)36(38)40-28(4)14-12-10-8-6-2/h15-28H,5-14H2,1-4H3/t27-,28-/m0/s1. The van der Waals surface area contributed by atoms with Crippen molar-refractivity contribution in [1.82, 2.24) is 0 Å². The molecule has 3 aromatic carbocycles. The zero-order valence-corrected chi connectivity index (χ0v) is 24.8. The highest BCUT2D eigenvalue weighted by atomic mass is 16.5. The van der Waals surface area contributed by atoms with Crippen LogP contribution >= 0.6 is 0 Å². The number of ether oxygens (including phenoxy) is 2. The van der Waals surface area contributed by atoms with Gasteiger partial charge in [-0.25, -0.2) is 9.59 Å². The second-order valence-electron chi connectivity index (χ2n) is 10.9. The van der Waals surface area contributed by atoms with Crippen molar-refractivity contribution in [3.63, 3.8) is 0 Å². The highest BCUT2D eigenvalue weighted by Crippen LogP contribution is 2.26. The number of carbonyl (C=O) groups is 2. The number of esters is 2. The molecular formula is C36H46O4. The Labute approximate surface area is 241 Å². The van der Waals surface area contributed by atoms with E-state index < -0.39 is 0 Å². The van der Waals surface area contributed by atoms with Gasteiger partial charge in [-0.1, -0.05) is 101 Å². The SMILES string of the molecule is CCCCCC[C@H](C)OC(=O)c1ccc(-c2ccc(-c3ccc(C(=O)O[C@@H](C)CCCCCC)cc3)cc2)cc1. The van der Waals surface area contributed by atoms with Gasteiger partial charge >= 0.3 is 11.9 Å². The fourth-order valence-electron chi connectivity index (χ4n) is 4.79. The van der Waals surface area contributed by atoms with Gasteiger partial charge in [0.15, 0.2) is 0 Å². The van der Waals surface area contributed by atoms with Crippen molar-refractivity contribution in [3.8, 4) is 22.3 Å². The van der Waals surface area contributed by atoms with E-state index in [1.807, 2.05) is 62.4 Å². The Morgan fingerprint density at radius 2 is 0.800 bits per heavy atom. The second-order valence-corrected chi connectivity index (χ2v) is 10.9. The molecule has 0 heterocycles. The molecule has 0 N–H and O–H groups in total. The Balaban J connectivity index is 1.53. The minimum Gasteiger partial charge on any atom is -0.459 e. The number of hydrogen-bond acceptors (Lipinski definition) is 4. The van der Waals surface area contributed by atoms with Crippen LogP contribution in [0.2, 0.25) is 0 Å². The molecule has 0 aliphatic rings. The molecule has 0 aliphatic carbocycles. The molecule has 0 unspecified atom stereocenters. The van der Waals surface area contributed by atoms with Crippen LogP contribution < -0.4 is 0 Å². The Kier molecular flexibility index (Phi) is 13.0. The summed E-state index contributed by atoms with van der Waals surface area (Å²) in [5.74, 6) is -0.530. The molecule has 0 bridgehead atoms. The molecule has 0 amide bonds. The van der Waals surface area contributed by atoms with Crippen LogP contribution in [0, 0.1) is 0 Å². The lowest BCUT2D eigenvalue weighted by Gasteiger charge is -2.13. The first-order valence-electron chi connectivity index (χ1n) is 15.1. The predicted molar refractivity (Wildman–Crippen MR) is 165 cm³/mol. The van der Waals surface area contributed by atoms with Crippen molar-refractivity contribution < 1.29 is 19.1 Å². The zero-order valence-electron chi connectivity index (χ0n) is 24.8. The molecule has 4 nitrogen and oxygen atoms in total. The van der Waals surface area contributed by atoms with Crippen molar-refractivity contribution in [2.75, 3.05) is 0 Å². The van der Waals surface area contributed by atoms with E-state index in [1.54, 1.807) is 0 Å². The fraction of sp³-hybridized carbons (Fsp3) is 0.444. The maximum Gasteiger partial charge on any atom is 0.338 e. The minimum absolute atomic E-state index is 0.0693. The Bertz CT molecular complexity index is 1070. The van der Waals surface area contributed by atoms with Crippen LogP contribution in [-0.4, -0.2) is 24.1 Å². The third-order valence-electron chi connectivity index (χ3n) is 7.34. The van der Waals surface area contributed by atoms with Gasteiger partial charge in [-0.2, -0.15) is 0 Å². The molecule has 4 heteroatoms. The van der Waals surface area contributed by atoms with Crippen molar-refractivity contribution in [1.29, 1.82) is 0 Å². The number of hydrogen-bond donors (Lipinski definition) is 0. The molecule has 3 aromatic rings. The predicted octanol–water partition coefficient (Wildman–Crippen LogP) is 10.1. The number of rotatable bonds is 16. The Morgan fingerprint density at radius 3 is 1.10 bits per heavy atom. The summed E-state index contributed by atoms with van der Waals surface area (Å²) in [7, 11) is 0. The molecule has 214 valence electrons. The van der Waals surface area contributed by atoms with Crippen LogP contribution in [0.25, 0.3) is 22.3 Å². The smallest absolute Gasteiger partial charge is 0.338 e. The third kappa shape index (κ3) is 9.97. The van der Waals surface area contributed by atoms with Crippen LogP contribution in [-0.2, 0) is 9.47 Å². The Morgan fingerprint density at radius 1 is 0.500 bits per heavy atom. The van der Waals surface area contributed by atoms with E-state index in [1.165, 1.54) is 38.5 Å². The van der Waals surface area contributed by atoms with Gasteiger partial charge in [0, 0.05) is 0 Å². The van der Waals surface area contributed by atoms with Crippen molar-refractivity contribution in [2.24, 2.45) is 0 Å². The van der Waals surface area contributed by atoms with E-state index in [4.69, 9.17) is 9.47 Å². The molecule has 40 heavy (non-hydrogen) atoms. The maximum absolute atomic E-state index is 12.5. The molecule has 2 atom stereocenters. The summed E-state index contributed by atoms with van der Waals surface area (Å²) in [6, 6.07) is 23.5. The third-order valence-corrected chi connectivity index (χ3v) is 7.34. The first-order valence-corrected chi connectivity index (χ1v) is 15.1. The topological polar surface area (TPSA) is 52.6 Å². The van der Waals surface area contributed by atoms with Crippen molar-refractivity contribution >= 4 is 11.9 Å². The van der Waals surface area contributed by atoms with Crippen LogP contribution in [0.5, 0.6) is 0 Å². The molecule has 0 saturated carbocycles. The lowest BCUT2D eigenvalue weighted by atomic mass is 9.99. The summed E-state index contributed by atoms with van der Waals surface area (Å²) < 4.78 is 11.2. The van der Waals surface area contributed by atoms with Crippen molar-refractivity contribution in [3.05, 3.63) is 83.9 Å². The van der Waals surface area contributed by atoms with Crippen LogP contribution in [0.4, 0.5) is 0 Å². The largest absolute Gasteiger partial charge is 0.459 e. The molecule has 0 radical (unpaired) electrons. The van der Waals surface area contributed by atoms with Gasteiger partial charge in [-0.3, -0.25) is 0 Å². The highest BCUT2D eigenvalue weighted by molar-refractivity contribution is 5.91. The molecule has 0 saturated heterocycles. The normalized spacial score (nSPS) is 12.5. The van der Waals surface area contributed by atoms with Gasteiger partial charge in [0.2, 0.25) is 0 Å². The summed E-state index contributed by atoms with van der Waals surface area (Å²) in [5, 5.41) is 0. The quantitative estimate of drug-likeness (QED) is 0.133. The van der Waals surface area contributed by atoms with E-state index in [2.05, 4.69) is 38.1 Å². The van der Waals surface area contributed by atoms with Crippen LogP contribution in [0.1, 0.15) is 113 Å². The fourth-order valence-corrected chi connectivity index (χ4v) is 4.79. The molecule has 0 spiro atoms. The Hall–Kier alpha value is -3.40. The lowest BCUT2D eigenvalue weighted by molar-refractivity contribution is 0.0309. The molecule has 3 rings (SSSR count). The lowest BCUT2D eigenvalue weighted by Crippen LogP contribution is -2.15. The van der Waals surface area contributed by atoms with E-state index >= 15 is 0 Å². The average molecular weight is 543 g/mol. The maximum atomic E-state index is 12.5. The number of benzene rings is 3. The number of carbonyl (C=O) groups excluding carboxylic acids is 2. The van der Waals surface area contributed by atoms with E-state index in [9.17, 15) is 9.59 Å². The first-order chi connectivity index (χ1) is 19.4. The number of unbranched alkanes of at least 4 members (excludes halogenated alkanes) is 6. The van der Waals surface area contributed by atoms with Gasteiger partial charge in [0.1, 0.15) is 0 Å². The summed E-state index contributed by atoms with van der Waals surface area (Å²) in [6.07, 6.45) is 11.1. The summed E-state index contributed by atoms with van der Waals surface area (Å²) in [5.41, 5.74) is 5.37. The molecular weight excluding hydrogens is 496 g/mol. The van der Waals surface area contributed by atoms with Gasteiger partial charge in [-0.15, -0.1) is 0 Å². The van der Waals surface area contributed by atoms with Gasteiger partial charge in [0.05, 0.1) is 23.3 Å². The summed E-state index contributed by atoms with van der Waals surface area (Å²) >= 11 is 0. The molecule has 0 fully saturated rings. The van der Waals surface area contributed by atoms with Gasteiger partial charge in [0.25, 0.3) is 0 Å². The van der Waals surface area contributed by atoms with Gasteiger partial charge in [-0.05, 0) is 86.1 Å². The van der Waals surface area contributed by atoms with Crippen LogP contribution in [0.15, 0.2) is 72.8 Å². The minimum atomic E-state index is -0.265. The highest BCUT2D eigenvalue weighted by Gasteiger charge is 2.14.